The molecule has 1 aliphatic rings. The van der Waals surface area contributed by atoms with E-state index in [1.54, 1.807) is 18.2 Å². The van der Waals surface area contributed by atoms with Crippen molar-refractivity contribution in [1.82, 2.24) is 4.90 Å². The molecule has 6 heteroatoms. The van der Waals surface area contributed by atoms with Crippen LogP contribution in [0.4, 0.5) is 11.4 Å². The van der Waals surface area contributed by atoms with Gasteiger partial charge in [-0.2, -0.15) is 0 Å². The normalized spacial score (nSPS) is 14.0. The third kappa shape index (κ3) is 3.87. The van der Waals surface area contributed by atoms with Crippen molar-refractivity contribution >= 4 is 23.3 Å². The van der Waals surface area contributed by atoms with Crippen LogP contribution in [0.2, 0.25) is 0 Å². The number of rotatable bonds is 5. The molecule has 0 aromatic heterocycles. The highest BCUT2D eigenvalue weighted by atomic mass is 16.5. The van der Waals surface area contributed by atoms with Gasteiger partial charge >= 0.3 is 5.97 Å². The lowest BCUT2D eigenvalue weighted by atomic mass is 10.1. The van der Waals surface area contributed by atoms with Gasteiger partial charge in [-0.05, 0) is 31.0 Å². The van der Waals surface area contributed by atoms with Crippen LogP contribution in [0, 0.1) is 0 Å². The topological polar surface area (TPSA) is 84.7 Å². The van der Waals surface area contributed by atoms with Crippen LogP contribution in [0.1, 0.15) is 29.6 Å². The first kappa shape index (κ1) is 15.2. The summed E-state index contributed by atoms with van der Waals surface area (Å²) >= 11 is 0. The number of nitrogens with zero attached hydrogens (tertiary/aromatic N) is 1. The highest BCUT2D eigenvalue weighted by molar-refractivity contribution is 5.92. The molecule has 1 aromatic carbocycles. The molecule has 1 fully saturated rings. The summed E-state index contributed by atoms with van der Waals surface area (Å²) in [7, 11) is 1.33. The summed E-state index contributed by atoms with van der Waals surface area (Å²) in [5.74, 6) is -0.256. The van der Waals surface area contributed by atoms with Gasteiger partial charge in [-0.1, -0.05) is 0 Å². The number of nitrogens with two attached hydrogens (primary N) is 1. The number of methoxy groups -OCH3 is 1. The van der Waals surface area contributed by atoms with Crippen molar-refractivity contribution in [3.63, 3.8) is 0 Å². The Hall–Kier alpha value is -2.24. The minimum atomic E-state index is -0.411. The number of anilines is 2. The molecule has 2 rings (SSSR count). The zero-order valence-corrected chi connectivity index (χ0v) is 12.2. The van der Waals surface area contributed by atoms with Crippen LogP contribution in [-0.4, -0.2) is 43.5 Å². The lowest BCUT2D eigenvalue weighted by Crippen LogP contribution is -2.29. The molecule has 0 radical (unpaired) electrons. The number of carbonyl (C=O) groups is 2. The number of hydrogen-bond acceptors (Lipinski definition) is 5. The largest absolute Gasteiger partial charge is 0.465 e. The van der Waals surface area contributed by atoms with Crippen LogP contribution in [0.15, 0.2) is 18.2 Å². The third-order valence-electron chi connectivity index (χ3n) is 3.59. The van der Waals surface area contributed by atoms with E-state index in [2.05, 4.69) is 10.1 Å². The van der Waals surface area contributed by atoms with Crippen LogP contribution in [0.3, 0.4) is 0 Å². The second-order valence-corrected chi connectivity index (χ2v) is 5.06. The molecular weight excluding hydrogens is 270 g/mol. The van der Waals surface area contributed by atoms with Crippen molar-refractivity contribution in [2.45, 2.75) is 19.3 Å². The molecular formula is C15H21N3O3. The molecule has 1 heterocycles. The average Bonchev–Trinajstić information content (AvgIpc) is 3.02. The van der Waals surface area contributed by atoms with Crippen molar-refractivity contribution in [2.24, 2.45) is 0 Å². The van der Waals surface area contributed by atoms with Crippen molar-refractivity contribution in [3.8, 4) is 0 Å². The first-order chi connectivity index (χ1) is 10.1. The van der Waals surface area contributed by atoms with Crippen LogP contribution < -0.4 is 11.1 Å². The molecule has 0 aliphatic carbocycles. The Bertz CT molecular complexity index is 525. The summed E-state index contributed by atoms with van der Waals surface area (Å²) in [5, 5.41) is 3.11. The molecule has 6 nitrogen and oxygen atoms in total. The van der Waals surface area contributed by atoms with Gasteiger partial charge in [0, 0.05) is 26.1 Å². The number of amides is 1. The lowest BCUT2D eigenvalue weighted by Gasteiger charge is -2.16. The van der Waals surface area contributed by atoms with E-state index in [-0.39, 0.29) is 5.91 Å². The number of carbonyl (C=O) groups excluding carboxylic acids is 2. The standard InChI is InChI=1S/C15H21N3O3/c1-21-15(20)11-4-5-12(16)13(10-11)17-7-6-14(19)18-8-2-3-9-18/h4-5,10,17H,2-3,6-9,16H2,1H3. The Morgan fingerprint density at radius 3 is 2.71 bits per heavy atom. The number of ether oxygens (including phenoxy) is 1. The second kappa shape index (κ2) is 6.97. The Morgan fingerprint density at radius 2 is 2.05 bits per heavy atom. The zero-order valence-electron chi connectivity index (χ0n) is 12.2. The van der Waals surface area contributed by atoms with Gasteiger partial charge in [-0.25, -0.2) is 4.79 Å². The number of likely N-dealkylation sites (tertiary alicyclic amines) is 1. The van der Waals surface area contributed by atoms with Crippen LogP contribution >= 0.6 is 0 Å². The van der Waals surface area contributed by atoms with E-state index in [1.165, 1.54) is 7.11 Å². The average molecular weight is 291 g/mol. The van der Waals surface area contributed by atoms with Crippen LogP contribution in [-0.2, 0) is 9.53 Å². The van der Waals surface area contributed by atoms with Gasteiger partial charge in [-0.3, -0.25) is 4.79 Å². The van der Waals surface area contributed by atoms with Gasteiger partial charge in [-0.15, -0.1) is 0 Å². The van der Waals surface area contributed by atoms with Gasteiger partial charge in [0.1, 0.15) is 0 Å². The van der Waals surface area contributed by atoms with Crippen LogP contribution in [0.25, 0.3) is 0 Å². The van der Waals surface area contributed by atoms with E-state index in [4.69, 9.17) is 5.73 Å². The fourth-order valence-corrected chi connectivity index (χ4v) is 2.38. The predicted octanol–water partition coefficient (Wildman–Crippen LogP) is 1.48. The highest BCUT2D eigenvalue weighted by Gasteiger charge is 2.17. The van der Waals surface area contributed by atoms with Crippen molar-refractivity contribution < 1.29 is 14.3 Å². The quantitative estimate of drug-likeness (QED) is 0.634. The molecule has 0 bridgehead atoms. The van der Waals surface area contributed by atoms with Gasteiger partial charge in [0.15, 0.2) is 0 Å². The number of hydrogen-bond donors (Lipinski definition) is 2. The Balaban J connectivity index is 1.90. The molecule has 0 unspecified atom stereocenters. The SMILES string of the molecule is COC(=O)c1ccc(N)c(NCCC(=O)N2CCCC2)c1. The Labute approximate surface area is 124 Å². The smallest absolute Gasteiger partial charge is 0.337 e. The minimum Gasteiger partial charge on any atom is -0.465 e. The summed E-state index contributed by atoms with van der Waals surface area (Å²) in [6.45, 7) is 2.21. The summed E-state index contributed by atoms with van der Waals surface area (Å²) in [6.07, 6.45) is 2.60. The fourth-order valence-electron chi connectivity index (χ4n) is 2.38. The summed E-state index contributed by atoms with van der Waals surface area (Å²) in [4.78, 5) is 25.3. The number of esters is 1. The molecule has 1 aromatic rings. The van der Waals surface area contributed by atoms with E-state index in [0.717, 1.165) is 25.9 Å². The van der Waals surface area contributed by atoms with E-state index in [1.807, 2.05) is 4.90 Å². The first-order valence-corrected chi connectivity index (χ1v) is 7.11. The van der Waals surface area contributed by atoms with Gasteiger partial charge in [0.2, 0.25) is 5.91 Å². The minimum absolute atomic E-state index is 0.155. The summed E-state index contributed by atoms with van der Waals surface area (Å²) in [6, 6.07) is 4.90. The Kier molecular flexibility index (Phi) is 5.03. The lowest BCUT2D eigenvalue weighted by molar-refractivity contribution is -0.129. The van der Waals surface area contributed by atoms with E-state index in [9.17, 15) is 9.59 Å². The molecule has 3 N–H and O–H groups in total. The molecule has 0 saturated carbocycles. The zero-order chi connectivity index (χ0) is 15.2. The maximum atomic E-state index is 11.9. The molecule has 114 valence electrons. The predicted molar refractivity (Wildman–Crippen MR) is 81.1 cm³/mol. The molecule has 0 spiro atoms. The molecule has 1 aliphatic heterocycles. The molecule has 1 saturated heterocycles. The van der Waals surface area contributed by atoms with E-state index >= 15 is 0 Å². The maximum Gasteiger partial charge on any atom is 0.337 e. The van der Waals surface area contributed by atoms with Crippen molar-refractivity contribution in [3.05, 3.63) is 23.8 Å². The van der Waals surface area contributed by atoms with Crippen molar-refractivity contribution in [2.75, 3.05) is 37.8 Å². The van der Waals surface area contributed by atoms with Crippen molar-refractivity contribution in [1.29, 1.82) is 0 Å². The number of nitrogen functional groups attached to an aromatic ring is 1. The second-order valence-electron chi connectivity index (χ2n) is 5.06. The highest BCUT2D eigenvalue weighted by Crippen LogP contribution is 2.20. The summed E-state index contributed by atoms with van der Waals surface area (Å²) < 4.78 is 4.67. The van der Waals surface area contributed by atoms with Gasteiger partial charge in [0.05, 0.1) is 24.0 Å². The molecule has 1 amide bonds. The van der Waals surface area contributed by atoms with Crippen LogP contribution in [0.5, 0.6) is 0 Å². The molecule has 21 heavy (non-hydrogen) atoms. The molecule has 0 atom stereocenters. The Morgan fingerprint density at radius 1 is 1.33 bits per heavy atom. The third-order valence-corrected chi connectivity index (χ3v) is 3.59. The first-order valence-electron chi connectivity index (χ1n) is 7.11. The van der Waals surface area contributed by atoms with E-state index in [0.29, 0.717) is 29.9 Å². The fraction of sp³-hybridized carbons (Fsp3) is 0.467. The monoisotopic (exact) mass is 291 g/mol. The summed E-state index contributed by atoms with van der Waals surface area (Å²) in [5.41, 5.74) is 7.47. The van der Waals surface area contributed by atoms with E-state index < -0.39 is 5.97 Å². The maximum absolute atomic E-state index is 11.9. The number of benzene rings is 1. The van der Waals surface area contributed by atoms with Gasteiger partial charge in [0.25, 0.3) is 0 Å². The van der Waals surface area contributed by atoms with Gasteiger partial charge < -0.3 is 20.7 Å². The number of nitrogens with one attached hydrogen (secondary N) is 1.